The van der Waals surface area contributed by atoms with Crippen molar-refractivity contribution < 1.29 is 4.39 Å². The summed E-state index contributed by atoms with van der Waals surface area (Å²) in [6, 6.07) is 4.90. The van der Waals surface area contributed by atoms with Crippen molar-refractivity contribution in [3.8, 4) is 0 Å². The molecule has 0 spiro atoms. The van der Waals surface area contributed by atoms with Gasteiger partial charge in [0.1, 0.15) is 5.82 Å². The van der Waals surface area contributed by atoms with E-state index < -0.39 is 0 Å². The van der Waals surface area contributed by atoms with Crippen molar-refractivity contribution in [1.82, 2.24) is 9.78 Å². The molecule has 1 aromatic carbocycles. The lowest BCUT2D eigenvalue weighted by molar-refractivity contribution is 0.639. The number of hydrogen-bond acceptors (Lipinski definition) is 1. The molecule has 0 aliphatic heterocycles. The largest absolute Gasteiger partial charge is 0.267 e. The number of allylic oxidation sites excluding steroid dienone is 1. The van der Waals surface area contributed by atoms with Crippen molar-refractivity contribution in [2.75, 3.05) is 0 Å². The number of hydrogen-bond donors (Lipinski definition) is 0. The van der Waals surface area contributed by atoms with Crippen molar-refractivity contribution in [3.05, 3.63) is 36.3 Å². The predicted molar refractivity (Wildman–Crippen MR) is 55.4 cm³/mol. The van der Waals surface area contributed by atoms with Gasteiger partial charge >= 0.3 is 0 Å². The van der Waals surface area contributed by atoms with Crippen molar-refractivity contribution >= 4 is 16.5 Å². The minimum Gasteiger partial charge on any atom is -0.267 e. The third-order valence-corrected chi connectivity index (χ3v) is 2.21. The highest BCUT2D eigenvalue weighted by Crippen LogP contribution is 2.25. The standard InChI is InChI=1S/C11H11FN2/c1-7(2)11-10-8(12)5-4-6-9(10)13-14(11)3/h4-6H,1H2,2-3H3. The second-order valence-corrected chi connectivity index (χ2v) is 3.39. The second kappa shape index (κ2) is 2.94. The Morgan fingerprint density at radius 3 is 2.86 bits per heavy atom. The van der Waals surface area contributed by atoms with Crippen LogP contribution in [0, 0.1) is 5.82 Å². The molecule has 2 nitrogen and oxygen atoms in total. The van der Waals surface area contributed by atoms with Gasteiger partial charge in [0.2, 0.25) is 0 Å². The summed E-state index contributed by atoms with van der Waals surface area (Å²) in [4.78, 5) is 0. The molecule has 1 aromatic heterocycles. The zero-order valence-corrected chi connectivity index (χ0v) is 8.21. The lowest BCUT2D eigenvalue weighted by Gasteiger charge is -2.00. The fourth-order valence-corrected chi connectivity index (χ4v) is 1.69. The van der Waals surface area contributed by atoms with E-state index in [1.54, 1.807) is 23.9 Å². The maximum absolute atomic E-state index is 13.5. The molecular weight excluding hydrogens is 179 g/mol. The molecule has 0 amide bonds. The molecular formula is C11H11FN2. The first-order chi connectivity index (χ1) is 6.61. The van der Waals surface area contributed by atoms with E-state index in [4.69, 9.17) is 0 Å². The number of rotatable bonds is 1. The van der Waals surface area contributed by atoms with Gasteiger partial charge in [0.15, 0.2) is 0 Å². The van der Waals surface area contributed by atoms with E-state index in [0.29, 0.717) is 10.9 Å². The molecule has 0 saturated carbocycles. The Morgan fingerprint density at radius 1 is 1.50 bits per heavy atom. The van der Waals surface area contributed by atoms with Crippen LogP contribution in [0.3, 0.4) is 0 Å². The first-order valence-electron chi connectivity index (χ1n) is 4.38. The first kappa shape index (κ1) is 8.94. The Labute approximate surface area is 81.7 Å². The smallest absolute Gasteiger partial charge is 0.134 e. The fraction of sp³-hybridized carbons (Fsp3) is 0.182. The van der Waals surface area contributed by atoms with E-state index in [1.807, 2.05) is 6.92 Å². The molecule has 0 aliphatic carbocycles. The Balaban J connectivity index is 2.93. The molecule has 1 heterocycles. The van der Waals surface area contributed by atoms with Crippen LogP contribution < -0.4 is 0 Å². The maximum Gasteiger partial charge on any atom is 0.134 e. The molecule has 0 radical (unpaired) electrons. The zero-order chi connectivity index (χ0) is 10.3. The molecule has 0 fully saturated rings. The van der Waals surface area contributed by atoms with Crippen LogP contribution in [0.15, 0.2) is 24.8 Å². The summed E-state index contributed by atoms with van der Waals surface area (Å²) in [5.41, 5.74) is 2.25. The van der Waals surface area contributed by atoms with E-state index in [0.717, 1.165) is 11.3 Å². The van der Waals surface area contributed by atoms with Crippen LogP contribution >= 0.6 is 0 Å². The molecule has 0 saturated heterocycles. The van der Waals surface area contributed by atoms with Crippen LogP contribution in [0.2, 0.25) is 0 Å². The average Bonchev–Trinajstić information content (AvgIpc) is 2.42. The Kier molecular flexibility index (Phi) is 1.88. The van der Waals surface area contributed by atoms with Crippen LogP contribution in [0.4, 0.5) is 4.39 Å². The lowest BCUT2D eigenvalue weighted by Crippen LogP contribution is -1.95. The van der Waals surface area contributed by atoms with Gasteiger partial charge in [-0.1, -0.05) is 12.6 Å². The van der Waals surface area contributed by atoms with E-state index in [1.165, 1.54) is 6.07 Å². The fourth-order valence-electron chi connectivity index (χ4n) is 1.69. The quantitative estimate of drug-likeness (QED) is 0.676. The summed E-state index contributed by atoms with van der Waals surface area (Å²) in [6.07, 6.45) is 0. The molecule has 72 valence electrons. The van der Waals surface area contributed by atoms with Crippen molar-refractivity contribution in [2.24, 2.45) is 7.05 Å². The summed E-state index contributed by atoms with van der Waals surface area (Å²) >= 11 is 0. The van der Waals surface area contributed by atoms with Crippen LogP contribution in [0.5, 0.6) is 0 Å². The zero-order valence-electron chi connectivity index (χ0n) is 8.21. The maximum atomic E-state index is 13.5. The van der Waals surface area contributed by atoms with Crippen molar-refractivity contribution in [2.45, 2.75) is 6.92 Å². The Hall–Kier alpha value is -1.64. The third-order valence-electron chi connectivity index (χ3n) is 2.21. The van der Waals surface area contributed by atoms with Crippen molar-refractivity contribution in [1.29, 1.82) is 0 Å². The summed E-state index contributed by atoms with van der Waals surface area (Å²) < 4.78 is 15.2. The van der Waals surface area contributed by atoms with Gasteiger partial charge in [-0.05, 0) is 24.6 Å². The summed E-state index contributed by atoms with van der Waals surface area (Å²) in [6.45, 7) is 5.67. The van der Waals surface area contributed by atoms with E-state index >= 15 is 0 Å². The highest BCUT2D eigenvalue weighted by molar-refractivity contribution is 5.90. The molecule has 0 bridgehead atoms. The Bertz CT molecular complexity index is 511. The number of nitrogens with zero attached hydrogens (tertiary/aromatic N) is 2. The van der Waals surface area contributed by atoms with Crippen LogP contribution in [0.25, 0.3) is 16.5 Å². The number of halogens is 1. The van der Waals surface area contributed by atoms with Gasteiger partial charge in [0, 0.05) is 7.05 Å². The molecule has 0 N–H and O–H groups in total. The van der Waals surface area contributed by atoms with Gasteiger partial charge in [-0.25, -0.2) is 4.39 Å². The van der Waals surface area contributed by atoms with Gasteiger partial charge in [-0.15, -0.1) is 0 Å². The van der Waals surface area contributed by atoms with Gasteiger partial charge in [0.05, 0.1) is 16.6 Å². The van der Waals surface area contributed by atoms with E-state index in [2.05, 4.69) is 11.7 Å². The molecule has 2 rings (SSSR count). The molecule has 2 aromatic rings. The molecule has 14 heavy (non-hydrogen) atoms. The van der Waals surface area contributed by atoms with Crippen LogP contribution in [-0.2, 0) is 7.05 Å². The van der Waals surface area contributed by atoms with E-state index in [-0.39, 0.29) is 5.82 Å². The number of aromatic nitrogens is 2. The van der Waals surface area contributed by atoms with Crippen molar-refractivity contribution in [3.63, 3.8) is 0 Å². The van der Waals surface area contributed by atoms with Crippen LogP contribution in [-0.4, -0.2) is 9.78 Å². The van der Waals surface area contributed by atoms with Gasteiger partial charge in [-0.2, -0.15) is 5.10 Å². The average molecular weight is 190 g/mol. The summed E-state index contributed by atoms with van der Waals surface area (Å²) in [5.74, 6) is -0.242. The SMILES string of the molecule is C=C(C)c1c2c(F)cccc2nn1C. The molecule has 3 heteroatoms. The predicted octanol–water partition coefficient (Wildman–Crippen LogP) is 2.75. The summed E-state index contributed by atoms with van der Waals surface area (Å²) in [5, 5.41) is 4.77. The minimum atomic E-state index is -0.242. The van der Waals surface area contributed by atoms with Crippen LogP contribution in [0.1, 0.15) is 12.6 Å². The van der Waals surface area contributed by atoms with Gasteiger partial charge < -0.3 is 0 Å². The van der Waals surface area contributed by atoms with Gasteiger partial charge in [-0.3, -0.25) is 4.68 Å². The minimum absolute atomic E-state index is 0.242. The topological polar surface area (TPSA) is 17.8 Å². The molecule has 0 unspecified atom stereocenters. The first-order valence-corrected chi connectivity index (χ1v) is 4.38. The Morgan fingerprint density at radius 2 is 2.21 bits per heavy atom. The van der Waals surface area contributed by atoms with E-state index in [9.17, 15) is 4.39 Å². The monoisotopic (exact) mass is 190 g/mol. The highest BCUT2D eigenvalue weighted by Gasteiger charge is 2.12. The molecule has 0 atom stereocenters. The van der Waals surface area contributed by atoms with Gasteiger partial charge in [0.25, 0.3) is 0 Å². The number of fused-ring (bicyclic) bond motifs is 1. The second-order valence-electron chi connectivity index (χ2n) is 3.39. The lowest BCUT2D eigenvalue weighted by atomic mass is 10.1. The number of aryl methyl sites for hydroxylation is 1. The number of benzene rings is 1. The highest BCUT2D eigenvalue weighted by atomic mass is 19.1. The third kappa shape index (κ3) is 1.13. The summed E-state index contributed by atoms with van der Waals surface area (Å²) in [7, 11) is 1.80. The normalized spacial score (nSPS) is 10.8. The molecule has 0 aliphatic rings.